The van der Waals surface area contributed by atoms with Crippen molar-refractivity contribution in [3.63, 3.8) is 0 Å². The first-order chi connectivity index (χ1) is 15.3. The van der Waals surface area contributed by atoms with E-state index in [0.717, 1.165) is 4.47 Å². The number of amides is 1. The largest absolute Gasteiger partial charge is 0.619 e. The molecule has 0 bridgehead atoms. The first-order valence-corrected chi connectivity index (χ1v) is 10.8. The monoisotopic (exact) mass is 497 g/mol. The van der Waals surface area contributed by atoms with Crippen molar-refractivity contribution >= 4 is 21.8 Å². The highest BCUT2D eigenvalue weighted by molar-refractivity contribution is 9.10. The van der Waals surface area contributed by atoms with Gasteiger partial charge in [0.25, 0.3) is 0 Å². The van der Waals surface area contributed by atoms with Crippen molar-refractivity contribution in [1.29, 1.82) is 0 Å². The zero-order chi connectivity index (χ0) is 22.8. The van der Waals surface area contributed by atoms with Crippen LogP contribution in [0, 0.1) is 15.3 Å². The van der Waals surface area contributed by atoms with E-state index in [1.807, 2.05) is 6.07 Å². The van der Waals surface area contributed by atoms with Crippen molar-refractivity contribution in [1.82, 2.24) is 4.90 Å². The predicted molar refractivity (Wildman–Crippen MR) is 119 cm³/mol. The number of hydrogen-bond donors (Lipinski definition) is 1. The number of phenols is 1. The molecular weight excluding hydrogens is 478 g/mol. The van der Waals surface area contributed by atoms with E-state index in [1.165, 1.54) is 29.4 Å². The Hall–Kier alpha value is -3.46. The Morgan fingerprint density at radius 1 is 1.12 bits per heavy atom. The number of aromatic hydroxyl groups is 1. The van der Waals surface area contributed by atoms with Crippen LogP contribution in [0.5, 0.6) is 5.75 Å². The molecule has 9 heteroatoms. The number of nitro groups is 1. The normalized spacial score (nSPS) is 20.8. The van der Waals surface area contributed by atoms with Crippen LogP contribution in [0.1, 0.15) is 35.1 Å². The SMILES string of the molecule is O=C1C[C@@H](c2cccc(Br)c2)[C@H]([N+](=O)[O-])[C@@H](c2ccc(O)cc2)N1Cc1ccc[n+]([O-])c1. The van der Waals surface area contributed by atoms with Gasteiger partial charge in [-0.25, -0.2) is 0 Å². The van der Waals surface area contributed by atoms with E-state index in [0.29, 0.717) is 21.4 Å². The molecule has 1 amide bonds. The molecular formula is C23H20BrN3O5. The first-order valence-electron chi connectivity index (χ1n) is 9.98. The van der Waals surface area contributed by atoms with Gasteiger partial charge in [0.05, 0.1) is 12.5 Å². The number of benzene rings is 2. The molecule has 2 heterocycles. The van der Waals surface area contributed by atoms with Gasteiger partial charge in [-0.05, 0) is 41.5 Å². The molecule has 1 fully saturated rings. The molecule has 0 aliphatic carbocycles. The molecule has 1 saturated heterocycles. The van der Waals surface area contributed by atoms with Crippen molar-refractivity contribution in [2.24, 2.45) is 0 Å². The van der Waals surface area contributed by atoms with E-state index in [1.54, 1.807) is 42.5 Å². The predicted octanol–water partition coefficient (Wildman–Crippen LogP) is 3.69. The van der Waals surface area contributed by atoms with Crippen molar-refractivity contribution in [2.75, 3.05) is 0 Å². The summed E-state index contributed by atoms with van der Waals surface area (Å²) in [5.41, 5.74) is 1.82. The van der Waals surface area contributed by atoms with Crippen LogP contribution < -0.4 is 4.73 Å². The summed E-state index contributed by atoms with van der Waals surface area (Å²) in [6.07, 6.45) is 2.66. The van der Waals surface area contributed by atoms with Crippen LogP contribution in [-0.4, -0.2) is 26.9 Å². The van der Waals surface area contributed by atoms with Gasteiger partial charge in [0.1, 0.15) is 11.8 Å². The molecule has 164 valence electrons. The number of carbonyl (C=O) groups is 1. The fraction of sp³-hybridized carbons (Fsp3) is 0.217. The van der Waals surface area contributed by atoms with E-state index >= 15 is 0 Å². The van der Waals surface area contributed by atoms with Crippen LogP contribution in [-0.2, 0) is 11.3 Å². The third kappa shape index (κ3) is 4.43. The lowest BCUT2D eigenvalue weighted by molar-refractivity contribution is -0.606. The summed E-state index contributed by atoms with van der Waals surface area (Å²) in [7, 11) is 0. The van der Waals surface area contributed by atoms with Gasteiger partial charge in [-0.1, -0.05) is 40.2 Å². The van der Waals surface area contributed by atoms with Gasteiger partial charge in [-0.2, -0.15) is 4.73 Å². The summed E-state index contributed by atoms with van der Waals surface area (Å²) in [6.45, 7) is 0.0585. The quantitative estimate of drug-likeness (QED) is 0.250. The zero-order valence-electron chi connectivity index (χ0n) is 16.9. The summed E-state index contributed by atoms with van der Waals surface area (Å²) < 4.78 is 1.41. The van der Waals surface area contributed by atoms with Crippen LogP contribution in [0.4, 0.5) is 0 Å². The fourth-order valence-corrected chi connectivity index (χ4v) is 4.74. The van der Waals surface area contributed by atoms with E-state index in [9.17, 15) is 25.2 Å². The second kappa shape index (κ2) is 8.96. The van der Waals surface area contributed by atoms with E-state index in [2.05, 4.69) is 15.9 Å². The minimum absolute atomic E-state index is 0.0269. The highest BCUT2D eigenvalue weighted by atomic mass is 79.9. The summed E-state index contributed by atoms with van der Waals surface area (Å²) >= 11 is 3.41. The van der Waals surface area contributed by atoms with Gasteiger partial charge < -0.3 is 15.2 Å². The summed E-state index contributed by atoms with van der Waals surface area (Å²) in [5.74, 6) is -0.850. The fourth-order valence-electron chi connectivity index (χ4n) is 4.33. The molecule has 1 aliphatic heterocycles. The molecule has 0 spiro atoms. The average molecular weight is 498 g/mol. The standard InChI is InChI=1S/C23H20BrN3O5/c24-18-5-1-4-17(11-18)20-12-21(29)26(14-15-3-2-10-25(30)13-15)22(23(20)27(31)32)16-6-8-19(28)9-7-16/h1-11,13,20,22-23,28H,12,14H2/t20-,22+,23-/m0/s1. The highest BCUT2D eigenvalue weighted by Crippen LogP contribution is 2.43. The Labute approximate surface area is 192 Å². The number of carbonyl (C=O) groups excluding carboxylic acids is 1. The molecule has 0 saturated carbocycles. The van der Waals surface area contributed by atoms with Crippen molar-refractivity contribution < 1.29 is 19.6 Å². The highest BCUT2D eigenvalue weighted by Gasteiger charge is 2.50. The molecule has 2 aromatic carbocycles. The van der Waals surface area contributed by atoms with Gasteiger partial charge >= 0.3 is 0 Å². The third-order valence-electron chi connectivity index (χ3n) is 5.73. The van der Waals surface area contributed by atoms with Gasteiger partial charge in [-0.15, -0.1) is 0 Å². The number of likely N-dealkylation sites (tertiary alicyclic amines) is 1. The molecule has 3 aromatic rings. The van der Waals surface area contributed by atoms with E-state index < -0.39 is 18.0 Å². The van der Waals surface area contributed by atoms with E-state index in [4.69, 9.17) is 0 Å². The lowest BCUT2D eigenvalue weighted by atomic mass is 9.78. The molecule has 32 heavy (non-hydrogen) atoms. The van der Waals surface area contributed by atoms with Crippen molar-refractivity contribution in [3.05, 3.63) is 110 Å². The molecule has 8 nitrogen and oxygen atoms in total. The lowest BCUT2D eigenvalue weighted by Crippen LogP contribution is -2.51. The Morgan fingerprint density at radius 2 is 1.88 bits per heavy atom. The summed E-state index contributed by atoms with van der Waals surface area (Å²) in [5, 5.41) is 33.8. The van der Waals surface area contributed by atoms with Crippen LogP contribution in [0.2, 0.25) is 0 Å². The number of piperidine rings is 1. The molecule has 1 N–H and O–H groups in total. The van der Waals surface area contributed by atoms with E-state index in [-0.39, 0.29) is 29.5 Å². The lowest BCUT2D eigenvalue weighted by Gasteiger charge is -2.41. The Bertz CT molecular complexity index is 1150. The van der Waals surface area contributed by atoms with Crippen molar-refractivity contribution in [3.8, 4) is 5.75 Å². The minimum atomic E-state index is -1.12. The molecule has 1 aliphatic rings. The molecule has 1 aromatic heterocycles. The summed E-state index contributed by atoms with van der Waals surface area (Å²) in [6, 6.07) is 14.6. The van der Waals surface area contributed by atoms with Crippen LogP contribution in [0.15, 0.2) is 77.5 Å². The molecule has 4 rings (SSSR count). The third-order valence-corrected chi connectivity index (χ3v) is 6.22. The second-order valence-corrected chi connectivity index (χ2v) is 8.69. The maximum Gasteiger partial charge on any atom is 0.244 e. The van der Waals surface area contributed by atoms with Gasteiger partial charge in [0, 0.05) is 27.4 Å². The zero-order valence-corrected chi connectivity index (χ0v) is 18.5. The van der Waals surface area contributed by atoms with Gasteiger partial charge in [0.15, 0.2) is 12.4 Å². The number of nitrogens with zero attached hydrogens (tertiary/aromatic N) is 3. The van der Waals surface area contributed by atoms with Gasteiger partial charge in [-0.3, -0.25) is 14.9 Å². The second-order valence-electron chi connectivity index (χ2n) is 7.77. The first kappa shape index (κ1) is 21.8. The minimum Gasteiger partial charge on any atom is -0.619 e. The van der Waals surface area contributed by atoms with Crippen LogP contribution >= 0.6 is 15.9 Å². The Morgan fingerprint density at radius 3 is 2.53 bits per heavy atom. The topological polar surface area (TPSA) is 111 Å². The number of halogens is 1. The molecule has 0 unspecified atom stereocenters. The number of hydrogen-bond acceptors (Lipinski definition) is 5. The maximum absolute atomic E-state index is 13.3. The van der Waals surface area contributed by atoms with Crippen molar-refractivity contribution in [2.45, 2.75) is 31.0 Å². The number of rotatable bonds is 5. The number of pyridine rings is 1. The molecule has 3 atom stereocenters. The molecule has 0 radical (unpaired) electrons. The Balaban J connectivity index is 1.82. The average Bonchev–Trinajstić information content (AvgIpc) is 2.75. The Kier molecular flexibility index (Phi) is 6.09. The smallest absolute Gasteiger partial charge is 0.244 e. The van der Waals surface area contributed by atoms with Crippen LogP contribution in [0.3, 0.4) is 0 Å². The maximum atomic E-state index is 13.3. The van der Waals surface area contributed by atoms with Crippen LogP contribution in [0.25, 0.3) is 0 Å². The summed E-state index contributed by atoms with van der Waals surface area (Å²) in [4.78, 5) is 26.8. The number of phenolic OH excluding ortho intramolecular Hbond substituents is 1. The van der Waals surface area contributed by atoms with Gasteiger partial charge in [0.2, 0.25) is 11.9 Å². The number of aromatic nitrogens is 1.